The molecule has 0 bridgehead atoms. The second-order valence-corrected chi connectivity index (χ2v) is 8.59. The van der Waals surface area contributed by atoms with Gasteiger partial charge in [-0.3, -0.25) is 24.6 Å². The van der Waals surface area contributed by atoms with E-state index in [2.05, 4.69) is 15.9 Å². The Bertz CT molecular complexity index is 1510. The minimum Gasteiger partial charge on any atom is -0.494 e. The van der Waals surface area contributed by atoms with Crippen LogP contribution in [0, 0.1) is 10.1 Å². The average molecular weight is 521 g/mol. The molecule has 0 saturated heterocycles. The van der Waals surface area contributed by atoms with Gasteiger partial charge in [0.15, 0.2) is 5.43 Å². The van der Waals surface area contributed by atoms with Gasteiger partial charge in [-0.15, -0.1) is 0 Å². The van der Waals surface area contributed by atoms with Crippen molar-refractivity contribution in [1.82, 2.24) is 0 Å². The van der Waals surface area contributed by atoms with Crippen molar-refractivity contribution >= 4 is 44.2 Å². The summed E-state index contributed by atoms with van der Waals surface area (Å²) in [5.41, 5.74) is 0.850. The molecule has 1 aliphatic rings. The smallest absolute Gasteiger partial charge is 0.295 e. The summed E-state index contributed by atoms with van der Waals surface area (Å²) in [6.07, 6.45) is 0. The number of anilines is 1. The van der Waals surface area contributed by atoms with E-state index < -0.39 is 16.9 Å². The largest absolute Gasteiger partial charge is 0.494 e. The summed E-state index contributed by atoms with van der Waals surface area (Å²) in [5.74, 6) is 0.0508. The van der Waals surface area contributed by atoms with Crippen molar-refractivity contribution in [3.05, 3.63) is 108 Å². The van der Waals surface area contributed by atoms with E-state index in [4.69, 9.17) is 9.15 Å². The zero-order valence-electron chi connectivity index (χ0n) is 17.9. The lowest BCUT2D eigenvalue weighted by Crippen LogP contribution is -2.29. The van der Waals surface area contributed by atoms with Crippen molar-refractivity contribution in [2.75, 3.05) is 11.5 Å². The van der Waals surface area contributed by atoms with Crippen LogP contribution in [0.15, 0.2) is 80.4 Å². The number of amides is 1. The normalized spacial score (nSPS) is 14.9. The van der Waals surface area contributed by atoms with Gasteiger partial charge in [-0.05, 0) is 55.0 Å². The molecule has 170 valence electrons. The fourth-order valence-corrected chi connectivity index (χ4v) is 4.57. The number of nitrogens with zero attached hydrogens (tertiary/aromatic N) is 2. The summed E-state index contributed by atoms with van der Waals surface area (Å²) >= 11 is 3.37. The van der Waals surface area contributed by atoms with E-state index in [-0.39, 0.29) is 28.0 Å². The predicted octanol–water partition coefficient (Wildman–Crippen LogP) is 5.61. The molecule has 8 nitrogen and oxygen atoms in total. The van der Waals surface area contributed by atoms with E-state index in [1.165, 1.54) is 23.1 Å². The first kappa shape index (κ1) is 21.8. The first-order valence-electron chi connectivity index (χ1n) is 10.5. The van der Waals surface area contributed by atoms with E-state index in [0.717, 1.165) is 0 Å². The van der Waals surface area contributed by atoms with Crippen molar-refractivity contribution in [3.63, 3.8) is 0 Å². The highest BCUT2D eigenvalue weighted by molar-refractivity contribution is 9.10. The van der Waals surface area contributed by atoms with Crippen molar-refractivity contribution in [3.8, 4) is 5.75 Å². The monoisotopic (exact) mass is 520 g/mol. The van der Waals surface area contributed by atoms with Crippen LogP contribution in [0.3, 0.4) is 0 Å². The molecular formula is C25H17BrN2O6. The van der Waals surface area contributed by atoms with Gasteiger partial charge in [0.25, 0.3) is 11.6 Å². The van der Waals surface area contributed by atoms with Gasteiger partial charge >= 0.3 is 0 Å². The molecule has 1 atom stereocenters. The Morgan fingerprint density at radius 3 is 2.56 bits per heavy atom. The molecule has 1 unspecified atom stereocenters. The Hall–Kier alpha value is -3.98. The number of fused-ring (bicyclic) bond motifs is 2. The number of carbonyl (C=O) groups is 1. The summed E-state index contributed by atoms with van der Waals surface area (Å²) in [4.78, 5) is 39.6. The van der Waals surface area contributed by atoms with Gasteiger partial charge in [0.1, 0.15) is 11.3 Å². The molecule has 3 aromatic carbocycles. The molecule has 0 aliphatic carbocycles. The molecule has 0 radical (unpaired) electrons. The van der Waals surface area contributed by atoms with Crippen molar-refractivity contribution in [2.45, 2.75) is 13.0 Å². The topological polar surface area (TPSA) is 103 Å². The number of rotatable bonds is 5. The third-order valence-electron chi connectivity index (χ3n) is 5.65. The van der Waals surface area contributed by atoms with Gasteiger partial charge in [-0.1, -0.05) is 28.1 Å². The molecule has 4 aromatic rings. The Morgan fingerprint density at radius 1 is 1.09 bits per heavy atom. The third kappa shape index (κ3) is 3.54. The molecule has 1 aliphatic heterocycles. The van der Waals surface area contributed by atoms with Crippen LogP contribution in [-0.2, 0) is 0 Å². The second kappa shape index (κ2) is 8.42. The van der Waals surface area contributed by atoms with Crippen LogP contribution in [-0.4, -0.2) is 17.4 Å². The maximum Gasteiger partial charge on any atom is 0.295 e. The van der Waals surface area contributed by atoms with Crippen LogP contribution >= 0.6 is 15.9 Å². The zero-order valence-corrected chi connectivity index (χ0v) is 19.4. The number of ether oxygens (including phenoxy) is 1. The fraction of sp³-hybridized carbons (Fsp3) is 0.120. The van der Waals surface area contributed by atoms with Gasteiger partial charge in [0.2, 0.25) is 5.76 Å². The van der Waals surface area contributed by atoms with Crippen LogP contribution in [0.2, 0.25) is 0 Å². The summed E-state index contributed by atoms with van der Waals surface area (Å²) in [7, 11) is 0. The van der Waals surface area contributed by atoms with E-state index in [1.807, 2.05) is 6.92 Å². The summed E-state index contributed by atoms with van der Waals surface area (Å²) in [6, 6.07) is 16.9. The highest BCUT2D eigenvalue weighted by Crippen LogP contribution is 2.42. The SMILES string of the molecule is CCOc1ccc(N2C(=O)c3oc4ccc(Br)cc4c(=O)c3C2c2cccc([N+](=O)[O-])c2)cc1. The summed E-state index contributed by atoms with van der Waals surface area (Å²) < 4.78 is 12.1. The Balaban J connectivity index is 1.76. The molecule has 2 heterocycles. The number of nitro groups is 1. The molecule has 0 spiro atoms. The maximum absolute atomic E-state index is 13.6. The number of nitro benzene ring substituents is 1. The van der Waals surface area contributed by atoms with Crippen molar-refractivity contribution in [1.29, 1.82) is 0 Å². The van der Waals surface area contributed by atoms with Gasteiger partial charge in [0.05, 0.1) is 28.5 Å². The lowest BCUT2D eigenvalue weighted by molar-refractivity contribution is -0.384. The van der Waals surface area contributed by atoms with Crippen LogP contribution in [0.1, 0.15) is 34.6 Å². The lowest BCUT2D eigenvalue weighted by Gasteiger charge is -2.25. The Labute approximate surface area is 201 Å². The quantitative estimate of drug-likeness (QED) is 0.250. The maximum atomic E-state index is 13.6. The highest BCUT2D eigenvalue weighted by atomic mass is 79.9. The summed E-state index contributed by atoms with van der Waals surface area (Å²) in [6.45, 7) is 2.36. The van der Waals surface area contributed by atoms with Crippen LogP contribution < -0.4 is 15.1 Å². The second-order valence-electron chi connectivity index (χ2n) is 7.67. The molecule has 9 heteroatoms. The van der Waals surface area contributed by atoms with Gasteiger partial charge in [-0.2, -0.15) is 0 Å². The van der Waals surface area contributed by atoms with E-state index in [0.29, 0.717) is 33.5 Å². The van der Waals surface area contributed by atoms with Crippen molar-refractivity contribution in [2.24, 2.45) is 0 Å². The lowest BCUT2D eigenvalue weighted by atomic mass is 9.98. The molecule has 34 heavy (non-hydrogen) atoms. The van der Waals surface area contributed by atoms with Gasteiger partial charge < -0.3 is 9.15 Å². The number of halogens is 1. The van der Waals surface area contributed by atoms with Crippen LogP contribution in [0.4, 0.5) is 11.4 Å². The zero-order chi connectivity index (χ0) is 24.0. The van der Waals surface area contributed by atoms with Gasteiger partial charge in [-0.25, -0.2) is 0 Å². The van der Waals surface area contributed by atoms with Crippen LogP contribution in [0.5, 0.6) is 5.75 Å². The first-order chi connectivity index (χ1) is 16.4. The highest BCUT2D eigenvalue weighted by Gasteiger charge is 2.44. The van der Waals surface area contributed by atoms with Gasteiger partial charge in [0, 0.05) is 22.3 Å². The van der Waals surface area contributed by atoms with E-state index in [9.17, 15) is 19.7 Å². The Morgan fingerprint density at radius 2 is 1.85 bits per heavy atom. The minimum absolute atomic E-state index is 0.0785. The predicted molar refractivity (Wildman–Crippen MR) is 130 cm³/mol. The average Bonchev–Trinajstić information content (AvgIpc) is 3.13. The molecule has 0 fully saturated rings. The molecular weight excluding hydrogens is 504 g/mol. The number of benzene rings is 3. The Kier molecular flexibility index (Phi) is 5.41. The van der Waals surface area contributed by atoms with E-state index in [1.54, 1.807) is 48.5 Å². The molecule has 5 rings (SSSR count). The standard InChI is InChI=1S/C25H17BrN2O6/c1-2-33-18-9-7-16(8-10-18)27-22(14-4-3-5-17(12-14)28(31)32)21-23(29)19-13-15(26)6-11-20(19)34-24(21)25(27)30/h3-13,22H,2H2,1H3. The molecule has 0 N–H and O–H groups in total. The molecule has 1 aromatic heterocycles. The first-order valence-corrected chi connectivity index (χ1v) is 11.3. The minimum atomic E-state index is -0.903. The fourth-order valence-electron chi connectivity index (χ4n) is 4.20. The number of non-ortho nitro benzene ring substituents is 1. The third-order valence-corrected chi connectivity index (χ3v) is 6.15. The van der Waals surface area contributed by atoms with E-state index >= 15 is 0 Å². The number of carbonyl (C=O) groups excluding carboxylic acids is 1. The molecule has 0 saturated carbocycles. The summed E-state index contributed by atoms with van der Waals surface area (Å²) in [5, 5.41) is 11.7. The van der Waals surface area contributed by atoms with Crippen LogP contribution in [0.25, 0.3) is 11.0 Å². The number of hydrogen-bond acceptors (Lipinski definition) is 6. The van der Waals surface area contributed by atoms with Crippen molar-refractivity contribution < 1.29 is 18.9 Å². The number of hydrogen-bond donors (Lipinski definition) is 0. The molecule has 1 amide bonds.